The van der Waals surface area contributed by atoms with Gasteiger partial charge in [0, 0.05) is 0 Å². The molecule has 0 aliphatic carbocycles. The molecular weight excluding hydrogens is 286 g/mol. The molecule has 1 aromatic carbocycles. The molecule has 2 rings (SSSR count). The molecular formula is C12H11NO4S2. The standard InChI is InChI=1S/C12H11NO4S2/c1-6-3-2-4-7-10(6)19-12(13-7)18-8(11(16)17)5-9(14)15/h2-4,8H,5H2,1H3,(H,14,15)(H,16,17). The minimum absolute atomic E-state index is 0.422. The average Bonchev–Trinajstić information content (AvgIpc) is 2.71. The summed E-state index contributed by atoms with van der Waals surface area (Å²) in [5, 5.41) is 16.7. The number of fused-ring (bicyclic) bond motifs is 1. The van der Waals surface area contributed by atoms with Crippen LogP contribution in [-0.4, -0.2) is 32.4 Å². The van der Waals surface area contributed by atoms with Gasteiger partial charge in [0.25, 0.3) is 0 Å². The Labute approximate surface area is 117 Å². The number of aryl methyl sites for hydroxylation is 1. The first-order valence-corrected chi connectivity index (χ1v) is 7.14. The molecule has 0 bridgehead atoms. The van der Waals surface area contributed by atoms with E-state index in [4.69, 9.17) is 10.2 Å². The summed E-state index contributed by atoms with van der Waals surface area (Å²) < 4.78 is 1.59. The quantitative estimate of drug-likeness (QED) is 0.825. The van der Waals surface area contributed by atoms with Crippen LogP contribution in [-0.2, 0) is 9.59 Å². The Morgan fingerprint density at radius 2 is 2.16 bits per heavy atom. The lowest BCUT2D eigenvalue weighted by atomic mass is 10.2. The third-order valence-electron chi connectivity index (χ3n) is 2.47. The number of carbonyl (C=O) groups is 2. The molecule has 0 aliphatic rings. The molecule has 5 nitrogen and oxygen atoms in total. The zero-order valence-corrected chi connectivity index (χ0v) is 11.6. The first kappa shape index (κ1) is 13.8. The molecule has 19 heavy (non-hydrogen) atoms. The molecule has 1 unspecified atom stereocenters. The SMILES string of the molecule is Cc1cccc2nc(SC(CC(=O)O)C(=O)O)sc12. The normalized spacial score (nSPS) is 12.5. The third kappa shape index (κ3) is 3.24. The second kappa shape index (κ2) is 5.58. The van der Waals surface area contributed by atoms with Gasteiger partial charge in [0.1, 0.15) is 5.25 Å². The Morgan fingerprint density at radius 3 is 2.74 bits per heavy atom. The first-order chi connectivity index (χ1) is 8.97. The molecule has 0 saturated heterocycles. The van der Waals surface area contributed by atoms with Crippen molar-refractivity contribution < 1.29 is 19.8 Å². The van der Waals surface area contributed by atoms with Crippen LogP contribution in [0.25, 0.3) is 10.2 Å². The van der Waals surface area contributed by atoms with Gasteiger partial charge in [-0.3, -0.25) is 9.59 Å². The van der Waals surface area contributed by atoms with Gasteiger partial charge in [-0.25, -0.2) is 4.98 Å². The number of hydrogen-bond donors (Lipinski definition) is 2. The lowest BCUT2D eigenvalue weighted by Crippen LogP contribution is -2.20. The topological polar surface area (TPSA) is 87.5 Å². The number of aliphatic carboxylic acids is 2. The number of thiazole rings is 1. The van der Waals surface area contributed by atoms with E-state index in [0.717, 1.165) is 27.5 Å². The van der Waals surface area contributed by atoms with Crippen molar-refractivity contribution >= 4 is 45.3 Å². The molecule has 2 aromatic rings. The Balaban J connectivity index is 2.26. The fraction of sp³-hybridized carbons (Fsp3) is 0.250. The largest absolute Gasteiger partial charge is 0.481 e. The second-order valence-corrected chi connectivity index (χ2v) is 6.39. The van der Waals surface area contributed by atoms with E-state index in [2.05, 4.69) is 4.98 Å². The molecule has 0 saturated carbocycles. The molecule has 100 valence electrons. The highest BCUT2D eigenvalue weighted by molar-refractivity contribution is 8.02. The summed E-state index contributed by atoms with van der Waals surface area (Å²) in [5.74, 6) is -2.26. The Bertz CT molecular complexity index is 638. The van der Waals surface area contributed by atoms with Crippen molar-refractivity contribution in [2.24, 2.45) is 0 Å². The molecule has 1 aromatic heterocycles. The summed E-state index contributed by atoms with van der Waals surface area (Å²) >= 11 is 2.38. The van der Waals surface area contributed by atoms with E-state index < -0.39 is 23.6 Å². The van der Waals surface area contributed by atoms with Crippen molar-refractivity contribution in [2.75, 3.05) is 0 Å². The van der Waals surface area contributed by atoms with E-state index in [1.54, 1.807) is 0 Å². The third-order valence-corrected chi connectivity index (χ3v) is 4.96. The molecule has 0 spiro atoms. The van der Waals surface area contributed by atoms with E-state index >= 15 is 0 Å². The van der Waals surface area contributed by atoms with Crippen molar-refractivity contribution in [1.29, 1.82) is 0 Å². The van der Waals surface area contributed by atoms with Crippen molar-refractivity contribution in [3.63, 3.8) is 0 Å². The summed E-state index contributed by atoms with van der Waals surface area (Å²) in [4.78, 5) is 26.0. The maximum atomic E-state index is 11.0. The number of carboxylic acid groups (broad SMARTS) is 2. The maximum Gasteiger partial charge on any atom is 0.317 e. The molecule has 0 amide bonds. The van der Waals surface area contributed by atoms with Crippen molar-refractivity contribution in [3.8, 4) is 0 Å². The van der Waals surface area contributed by atoms with E-state index in [9.17, 15) is 9.59 Å². The Hall–Kier alpha value is -1.60. The average molecular weight is 297 g/mol. The molecule has 0 aliphatic heterocycles. The predicted octanol–water partition coefficient (Wildman–Crippen LogP) is 2.62. The van der Waals surface area contributed by atoms with Gasteiger partial charge >= 0.3 is 11.9 Å². The van der Waals surface area contributed by atoms with E-state index in [-0.39, 0.29) is 0 Å². The smallest absolute Gasteiger partial charge is 0.317 e. The van der Waals surface area contributed by atoms with Crippen LogP contribution in [0, 0.1) is 6.92 Å². The monoisotopic (exact) mass is 297 g/mol. The molecule has 1 heterocycles. The number of benzene rings is 1. The minimum Gasteiger partial charge on any atom is -0.481 e. The predicted molar refractivity (Wildman–Crippen MR) is 73.9 cm³/mol. The van der Waals surface area contributed by atoms with Gasteiger partial charge in [-0.05, 0) is 18.6 Å². The number of thioether (sulfide) groups is 1. The summed E-state index contributed by atoms with van der Waals surface area (Å²) in [6, 6.07) is 5.70. The Kier molecular flexibility index (Phi) is 4.06. The maximum absolute atomic E-state index is 11.0. The van der Waals surface area contributed by atoms with Gasteiger partial charge in [0.15, 0.2) is 4.34 Å². The van der Waals surface area contributed by atoms with Gasteiger partial charge in [-0.15, -0.1) is 11.3 Å². The highest BCUT2D eigenvalue weighted by Crippen LogP contribution is 2.34. The van der Waals surface area contributed by atoms with E-state index in [1.807, 2.05) is 25.1 Å². The van der Waals surface area contributed by atoms with Gasteiger partial charge in [-0.1, -0.05) is 23.9 Å². The van der Waals surface area contributed by atoms with Crippen LogP contribution in [0.3, 0.4) is 0 Å². The fourth-order valence-corrected chi connectivity index (χ4v) is 3.85. The lowest BCUT2D eigenvalue weighted by molar-refractivity contribution is -0.142. The molecule has 1 atom stereocenters. The van der Waals surface area contributed by atoms with Crippen LogP contribution in [0.4, 0.5) is 0 Å². The number of aromatic nitrogens is 1. The summed E-state index contributed by atoms with van der Waals surface area (Å²) in [5.41, 5.74) is 1.89. The van der Waals surface area contributed by atoms with Crippen LogP contribution < -0.4 is 0 Å². The van der Waals surface area contributed by atoms with Crippen LogP contribution in [0.1, 0.15) is 12.0 Å². The van der Waals surface area contributed by atoms with Crippen molar-refractivity contribution in [2.45, 2.75) is 22.9 Å². The van der Waals surface area contributed by atoms with Crippen LogP contribution >= 0.6 is 23.1 Å². The second-order valence-electron chi connectivity index (χ2n) is 3.95. The van der Waals surface area contributed by atoms with E-state index in [1.165, 1.54) is 11.3 Å². The Morgan fingerprint density at radius 1 is 1.42 bits per heavy atom. The zero-order valence-electron chi connectivity index (χ0n) is 9.99. The van der Waals surface area contributed by atoms with Gasteiger partial charge in [0.05, 0.1) is 16.6 Å². The van der Waals surface area contributed by atoms with Crippen molar-refractivity contribution in [1.82, 2.24) is 4.98 Å². The van der Waals surface area contributed by atoms with Gasteiger partial charge in [-0.2, -0.15) is 0 Å². The summed E-state index contributed by atoms with van der Waals surface area (Å²) in [6.45, 7) is 1.96. The molecule has 0 radical (unpaired) electrons. The zero-order chi connectivity index (χ0) is 14.0. The number of carboxylic acids is 2. The molecule has 2 N–H and O–H groups in total. The summed E-state index contributed by atoms with van der Waals surface area (Å²) in [7, 11) is 0. The fourth-order valence-electron chi connectivity index (χ4n) is 1.58. The van der Waals surface area contributed by atoms with Crippen LogP contribution in [0.15, 0.2) is 22.5 Å². The van der Waals surface area contributed by atoms with Crippen LogP contribution in [0.5, 0.6) is 0 Å². The number of hydrogen-bond acceptors (Lipinski definition) is 5. The number of rotatable bonds is 5. The highest BCUT2D eigenvalue weighted by Gasteiger charge is 2.24. The van der Waals surface area contributed by atoms with Crippen LogP contribution in [0.2, 0.25) is 0 Å². The van der Waals surface area contributed by atoms with Gasteiger partial charge < -0.3 is 10.2 Å². The highest BCUT2D eigenvalue weighted by atomic mass is 32.2. The lowest BCUT2D eigenvalue weighted by Gasteiger charge is -2.06. The van der Waals surface area contributed by atoms with Gasteiger partial charge in [0.2, 0.25) is 0 Å². The summed E-state index contributed by atoms with van der Waals surface area (Å²) in [6.07, 6.45) is -0.422. The number of nitrogens with zero attached hydrogens (tertiary/aromatic N) is 1. The van der Waals surface area contributed by atoms with Crippen molar-refractivity contribution in [3.05, 3.63) is 23.8 Å². The minimum atomic E-state index is -1.14. The first-order valence-electron chi connectivity index (χ1n) is 5.45. The molecule has 0 fully saturated rings. The molecule has 7 heteroatoms. The van der Waals surface area contributed by atoms with E-state index in [0.29, 0.717) is 4.34 Å².